The predicted molar refractivity (Wildman–Crippen MR) is 56.9 cm³/mol. The van der Waals surface area contributed by atoms with Gasteiger partial charge in [0.1, 0.15) is 5.54 Å². The molecule has 1 rings (SSSR count). The molecule has 0 aliphatic carbocycles. The number of primary amides is 1. The second-order valence-electron chi connectivity index (χ2n) is 4.41. The van der Waals surface area contributed by atoms with Gasteiger partial charge in [-0.25, -0.2) is 0 Å². The third-order valence-electron chi connectivity index (χ3n) is 2.92. The number of nitrogens with two attached hydrogens (primary N) is 1. The van der Waals surface area contributed by atoms with E-state index >= 15 is 0 Å². The third-order valence-corrected chi connectivity index (χ3v) is 2.92. The number of rotatable bonds is 3. The van der Waals surface area contributed by atoms with Crippen LogP contribution in [0.2, 0.25) is 0 Å². The zero-order chi connectivity index (χ0) is 10.8. The number of nitrogens with one attached hydrogen (secondary N) is 2. The minimum atomic E-state index is -0.563. The zero-order valence-corrected chi connectivity index (χ0v) is 9.26. The Balaban J connectivity index is 2.83. The van der Waals surface area contributed by atoms with Crippen LogP contribution in [0.3, 0.4) is 0 Å². The van der Waals surface area contributed by atoms with E-state index in [9.17, 15) is 4.79 Å². The van der Waals surface area contributed by atoms with Gasteiger partial charge in [-0.3, -0.25) is 10.1 Å². The van der Waals surface area contributed by atoms with Crippen molar-refractivity contribution in [3.05, 3.63) is 0 Å². The number of carbonyl (C=O) groups excluding carboxylic acids is 1. The van der Waals surface area contributed by atoms with Crippen LogP contribution in [-0.4, -0.2) is 30.1 Å². The Morgan fingerprint density at radius 3 is 2.71 bits per heavy atom. The Kier molecular flexibility index (Phi) is 3.50. The molecule has 0 bridgehead atoms. The molecule has 0 radical (unpaired) electrons. The van der Waals surface area contributed by atoms with E-state index in [1.54, 1.807) is 0 Å². The van der Waals surface area contributed by atoms with E-state index in [0.29, 0.717) is 0 Å². The molecule has 4 nitrogen and oxygen atoms in total. The number of hydrogen-bond acceptors (Lipinski definition) is 3. The van der Waals surface area contributed by atoms with Gasteiger partial charge in [0, 0.05) is 12.1 Å². The van der Waals surface area contributed by atoms with Gasteiger partial charge in [-0.1, -0.05) is 0 Å². The molecule has 1 aliphatic heterocycles. The van der Waals surface area contributed by atoms with Gasteiger partial charge in [-0.05, 0) is 40.2 Å². The number of piperidine rings is 1. The summed E-state index contributed by atoms with van der Waals surface area (Å²) in [5, 5.41) is 6.60. The van der Waals surface area contributed by atoms with Crippen molar-refractivity contribution < 1.29 is 4.79 Å². The number of amides is 1. The lowest BCUT2D eigenvalue weighted by atomic mass is 9.82. The SMILES string of the molecule is CC(C)NC1(C(N)=O)CCCNC1C. The monoisotopic (exact) mass is 199 g/mol. The molecule has 2 atom stereocenters. The van der Waals surface area contributed by atoms with Crippen molar-refractivity contribution in [1.29, 1.82) is 0 Å². The lowest BCUT2D eigenvalue weighted by Crippen LogP contribution is -2.69. The molecule has 2 unspecified atom stereocenters. The lowest BCUT2D eigenvalue weighted by molar-refractivity contribution is -0.126. The Labute approximate surface area is 85.6 Å². The van der Waals surface area contributed by atoms with Crippen LogP contribution in [-0.2, 0) is 4.79 Å². The standard InChI is InChI=1S/C10H21N3O/c1-7(2)13-10(9(11)14)5-4-6-12-8(10)3/h7-8,12-13H,4-6H2,1-3H3,(H2,11,14). The van der Waals surface area contributed by atoms with Gasteiger partial charge < -0.3 is 11.1 Å². The smallest absolute Gasteiger partial charge is 0.239 e. The Bertz CT molecular complexity index is 217. The highest BCUT2D eigenvalue weighted by Crippen LogP contribution is 2.22. The topological polar surface area (TPSA) is 67.1 Å². The van der Waals surface area contributed by atoms with E-state index in [2.05, 4.69) is 10.6 Å². The summed E-state index contributed by atoms with van der Waals surface area (Å²) in [4.78, 5) is 11.5. The summed E-state index contributed by atoms with van der Waals surface area (Å²) >= 11 is 0. The van der Waals surface area contributed by atoms with Crippen LogP contribution in [0.4, 0.5) is 0 Å². The maximum absolute atomic E-state index is 11.5. The van der Waals surface area contributed by atoms with Crippen molar-refractivity contribution in [3.63, 3.8) is 0 Å². The van der Waals surface area contributed by atoms with Crippen LogP contribution >= 0.6 is 0 Å². The number of carbonyl (C=O) groups is 1. The molecule has 14 heavy (non-hydrogen) atoms. The van der Waals surface area contributed by atoms with Crippen molar-refractivity contribution in [2.24, 2.45) is 5.73 Å². The summed E-state index contributed by atoms with van der Waals surface area (Å²) < 4.78 is 0. The van der Waals surface area contributed by atoms with Gasteiger partial charge in [0.05, 0.1) is 0 Å². The predicted octanol–water partition coefficient (Wildman–Crippen LogP) is -0.0196. The largest absolute Gasteiger partial charge is 0.368 e. The molecule has 1 saturated heterocycles. The second-order valence-corrected chi connectivity index (χ2v) is 4.41. The maximum atomic E-state index is 11.5. The Hall–Kier alpha value is -0.610. The minimum Gasteiger partial charge on any atom is -0.368 e. The van der Waals surface area contributed by atoms with Gasteiger partial charge in [0.25, 0.3) is 0 Å². The molecule has 0 aromatic heterocycles. The molecule has 0 aromatic rings. The molecule has 0 spiro atoms. The molecular formula is C10H21N3O. The summed E-state index contributed by atoms with van der Waals surface area (Å²) in [6.45, 7) is 7.05. The maximum Gasteiger partial charge on any atom is 0.239 e. The molecule has 0 aromatic carbocycles. The van der Waals surface area contributed by atoms with Gasteiger partial charge in [0.15, 0.2) is 0 Å². The van der Waals surface area contributed by atoms with E-state index in [1.807, 2.05) is 20.8 Å². The first-order valence-corrected chi connectivity index (χ1v) is 5.30. The van der Waals surface area contributed by atoms with Gasteiger partial charge >= 0.3 is 0 Å². The van der Waals surface area contributed by atoms with Crippen molar-refractivity contribution in [2.45, 2.75) is 51.2 Å². The van der Waals surface area contributed by atoms with Crippen LogP contribution in [0.1, 0.15) is 33.6 Å². The van der Waals surface area contributed by atoms with Crippen LogP contribution in [0.15, 0.2) is 0 Å². The van der Waals surface area contributed by atoms with Crippen LogP contribution in [0.5, 0.6) is 0 Å². The molecule has 1 fully saturated rings. The highest BCUT2D eigenvalue weighted by molar-refractivity contribution is 5.85. The minimum absolute atomic E-state index is 0.108. The highest BCUT2D eigenvalue weighted by Gasteiger charge is 2.43. The first-order valence-electron chi connectivity index (χ1n) is 5.30. The van der Waals surface area contributed by atoms with Crippen LogP contribution < -0.4 is 16.4 Å². The average Bonchev–Trinajstić information content (AvgIpc) is 2.08. The normalized spacial score (nSPS) is 33.3. The van der Waals surface area contributed by atoms with Crippen molar-refractivity contribution in [3.8, 4) is 0 Å². The highest BCUT2D eigenvalue weighted by atomic mass is 16.1. The van der Waals surface area contributed by atoms with Crippen LogP contribution in [0.25, 0.3) is 0 Å². The molecular weight excluding hydrogens is 178 g/mol. The first kappa shape index (κ1) is 11.5. The fourth-order valence-electron chi connectivity index (χ4n) is 2.20. The quantitative estimate of drug-likeness (QED) is 0.598. The first-order chi connectivity index (χ1) is 6.49. The summed E-state index contributed by atoms with van der Waals surface area (Å²) in [6.07, 6.45) is 1.82. The lowest BCUT2D eigenvalue weighted by Gasteiger charge is -2.42. The van der Waals surface area contributed by atoms with E-state index in [4.69, 9.17) is 5.73 Å². The average molecular weight is 199 g/mol. The molecule has 82 valence electrons. The molecule has 1 heterocycles. The van der Waals surface area contributed by atoms with Crippen LogP contribution in [0, 0.1) is 0 Å². The van der Waals surface area contributed by atoms with Crippen molar-refractivity contribution in [2.75, 3.05) is 6.54 Å². The van der Waals surface area contributed by atoms with Gasteiger partial charge in [-0.2, -0.15) is 0 Å². The van der Waals surface area contributed by atoms with Gasteiger partial charge in [-0.15, -0.1) is 0 Å². The van der Waals surface area contributed by atoms with E-state index in [-0.39, 0.29) is 18.0 Å². The van der Waals surface area contributed by atoms with Gasteiger partial charge in [0.2, 0.25) is 5.91 Å². The summed E-state index contributed by atoms with van der Waals surface area (Å²) in [6, 6.07) is 0.376. The van der Waals surface area contributed by atoms with E-state index < -0.39 is 5.54 Å². The van der Waals surface area contributed by atoms with Crippen molar-refractivity contribution >= 4 is 5.91 Å². The molecule has 4 N–H and O–H groups in total. The molecule has 1 amide bonds. The Morgan fingerprint density at radius 1 is 1.64 bits per heavy atom. The summed E-state index contributed by atoms with van der Waals surface area (Å²) in [5.41, 5.74) is 4.94. The van der Waals surface area contributed by atoms with Crippen molar-refractivity contribution in [1.82, 2.24) is 10.6 Å². The fourth-order valence-corrected chi connectivity index (χ4v) is 2.20. The summed E-state index contributed by atoms with van der Waals surface area (Å²) in [5.74, 6) is -0.245. The second kappa shape index (κ2) is 4.28. The molecule has 1 aliphatic rings. The summed E-state index contributed by atoms with van der Waals surface area (Å²) in [7, 11) is 0. The molecule has 0 saturated carbocycles. The number of hydrogen-bond donors (Lipinski definition) is 3. The Morgan fingerprint density at radius 2 is 2.29 bits per heavy atom. The fraction of sp³-hybridized carbons (Fsp3) is 0.900. The van der Waals surface area contributed by atoms with E-state index in [1.165, 1.54) is 0 Å². The third kappa shape index (κ3) is 2.07. The zero-order valence-electron chi connectivity index (χ0n) is 9.26. The van der Waals surface area contributed by atoms with E-state index in [0.717, 1.165) is 19.4 Å². The molecule has 4 heteroatoms.